The molecule has 26 heavy (non-hydrogen) atoms. The van der Waals surface area contributed by atoms with Crippen LogP contribution in [0.3, 0.4) is 0 Å². The van der Waals surface area contributed by atoms with E-state index < -0.39 is 11.2 Å². The van der Waals surface area contributed by atoms with Gasteiger partial charge in [-0.15, -0.1) is 0 Å². The number of rotatable bonds is 8. The third-order valence-corrected chi connectivity index (χ3v) is 5.86. The molecule has 0 fully saturated rings. The molecular weight excluding hydrogens is 320 g/mol. The van der Waals surface area contributed by atoms with E-state index in [0.717, 1.165) is 38.9 Å². The predicted octanol–water partition coefficient (Wildman–Crippen LogP) is 6.43. The highest BCUT2D eigenvalue weighted by atomic mass is 16.6. The van der Waals surface area contributed by atoms with Crippen LogP contribution in [0.5, 0.6) is 0 Å². The van der Waals surface area contributed by atoms with Crippen molar-refractivity contribution in [1.82, 2.24) is 0 Å². The van der Waals surface area contributed by atoms with E-state index >= 15 is 0 Å². The maximum absolute atomic E-state index is 6.62. The lowest BCUT2D eigenvalue weighted by molar-refractivity contribution is -0.208. The largest absolute Gasteiger partial charge is 0.367 e. The summed E-state index contributed by atoms with van der Waals surface area (Å²) in [5.74, 6) is 0. The first-order chi connectivity index (χ1) is 12.6. The van der Waals surface area contributed by atoms with Crippen LogP contribution in [0.4, 0.5) is 0 Å². The van der Waals surface area contributed by atoms with Crippen LogP contribution in [0.1, 0.15) is 64.5 Å². The van der Waals surface area contributed by atoms with Crippen molar-refractivity contribution in [2.24, 2.45) is 0 Å². The molecule has 0 N–H and O–H groups in total. The molecule has 2 aromatic rings. The molecule has 0 aromatic heterocycles. The Labute approximate surface area is 158 Å². The molecule has 0 radical (unpaired) electrons. The van der Waals surface area contributed by atoms with E-state index in [4.69, 9.17) is 9.47 Å². The summed E-state index contributed by atoms with van der Waals surface area (Å²) in [6.07, 6.45) is 4.37. The van der Waals surface area contributed by atoms with Crippen molar-refractivity contribution < 1.29 is 9.47 Å². The molecule has 0 aliphatic heterocycles. The summed E-state index contributed by atoms with van der Waals surface area (Å²) >= 11 is 0. The first-order valence-electron chi connectivity index (χ1n) is 10.1. The van der Waals surface area contributed by atoms with Crippen LogP contribution in [-0.2, 0) is 20.7 Å². The molecular formula is C24H32O2. The highest BCUT2D eigenvalue weighted by Crippen LogP contribution is 2.55. The van der Waals surface area contributed by atoms with Crippen molar-refractivity contribution in [2.45, 2.75) is 64.6 Å². The summed E-state index contributed by atoms with van der Waals surface area (Å²) < 4.78 is 13.2. The molecule has 0 amide bonds. The Hall–Kier alpha value is -1.64. The first kappa shape index (κ1) is 19.1. The predicted molar refractivity (Wildman–Crippen MR) is 108 cm³/mol. The Bertz CT molecular complexity index is 675. The van der Waals surface area contributed by atoms with E-state index in [1.165, 1.54) is 22.3 Å². The van der Waals surface area contributed by atoms with Gasteiger partial charge >= 0.3 is 0 Å². The van der Waals surface area contributed by atoms with Gasteiger partial charge in [-0.05, 0) is 48.9 Å². The average molecular weight is 353 g/mol. The third kappa shape index (κ3) is 3.10. The lowest BCUT2D eigenvalue weighted by Gasteiger charge is -2.51. The molecule has 2 heteroatoms. The lowest BCUT2D eigenvalue weighted by atomic mass is 9.66. The second kappa shape index (κ2) is 7.94. The van der Waals surface area contributed by atoms with Crippen LogP contribution < -0.4 is 0 Å². The van der Waals surface area contributed by atoms with Crippen LogP contribution in [0.2, 0.25) is 0 Å². The fourth-order valence-corrected chi connectivity index (χ4v) is 4.05. The third-order valence-electron chi connectivity index (χ3n) is 5.86. The maximum Gasteiger partial charge on any atom is 0.124 e. The van der Waals surface area contributed by atoms with E-state index in [9.17, 15) is 0 Å². The number of unbranched alkanes of at least 4 members (excludes halogenated alkanes) is 2. The van der Waals surface area contributed by atoms with Gasteiger partial charge in [-0.2, -0.15) is 0 Å². The molecule has 2 unspecified atom stereocenters. The Kier molecular flexibility index (Phi) is 5.84. The van der Waals surface area contributed by atoms with Crippen molar-refractivity contribution >= 4 is 0 Å². The molecule has 0 heterocycles. The van der Waals surface area contributed by atoms with Crippen molar-refractivity contribution in [3.63, 3.8) is 0 Å². The van der Waals surface area contributed by atoms with Gasteiger partial charge in [-0.3, -0.25) is 0 Å². The fourth-order valence-electron chi connectivity index (χ4n) is 4.05. The van der Waals surface area contributed by atoms with Crippen molar-refractivity contribution in [3.8, 4) is 11.1 Å². The van der Waals surface area contributed by atoms with E-state index in [-0.39, 0.29) is 0 Å². The lowest BCUT2D eigenvalue weighted by Crippen LogP contribution is -2.51. The minimum atomic E-state index is -0.513. The van der Waals surface area contributed by atoms with Crippen molar-refractivity contribution in [2.75, 3.05) is 13.2 Å². The standard InChI is InChI=1S/C24H32O2/c1-5-7-17-25-23(3)21-15-11-9-13-19(21)20-14-10-12-16-22(20)24(23,4)26-18-8-6-2/h9-16H,5-8,17-18H2,1-4H3. The average Bonchev–Trinajstić information content (AvgIpc) is 2.67. The topological polar surface area (TPSA) is 18.5 Å². The monoisotopic (exact) mass is 352 g/mol. The highest BCUT2D eigenvalue weighted by Gasteiger charge is 2.54. The molecule has 2 atom stereocenters. The quantitative estimate of drug-likeness (QED) is 0.510. The van der Waals surface area contributed by atoms with E-state index in [0.29, 0.717) is 0 Å². The zero-order valence-electron chi connectivity index (χ0n) is 16.7. The molecule has 0 spiro atoms. The molecule has 3 rings (SSSR count). The van der Waals surface area contributed by atoms with Gasteiger partial charge in [0.1, 0.15) is 11.2 Å². The van der Waals surface area contributed by atoms with E-state index in [1.807, 2.05) is 0 Å². The van der Waals surface area contributed by atoms with Gasteiger partial charge < -0.3 is 9.47 Å². The number of hydrogen-bond acceptors (Lipinski definition) is 2. The Morgan fingerprint density at radius 2 is 1.04 bits per heavy atom. The minimum Gasteiger partial charge on any atom is -0.367 e. The molecule has 2 aromatic carbocycles. The highest BCUT2D eigenvalue weighted by molar-refractivity contribution is 5.76. The van der Waals surface area contributed by atoms with Crippen molar-refractivity contribution in [3.05, 3.63) is 59.7 Å². The molecule has 0 bridgehead atoms. The van der Waals surface area contributed by atoms with Crippen LogP contribution in [-0.4, -0.2) is 13.2 Å². The maximum atomic E-state index is 6.62. The Balaban J connectivity index is 2.14. The molecule has 0 saturated carbocycles. The smallest absolute Gasteiger partial charge is 0.124 e. The Morgan fingerprint density at radius 1 is 0.654 bits per heavy atom. The van der Waals surface area contributed by atoms with Gasteiger partial charge in [0.05, 0.1) is 0 Å². The molecule has 2 nitrogen and oxygen atoms in total. The number of ether oxygens (including phenoxy) is 2. The number of benzene rings is 2. The minimum absolute atomic E-state index is 0.513. The van der Waals surface area contributed by atoms with Gasteiger partial charge in [0.25, 0.3) is 0 Å². The second-order valence-electron chi connectivity index (χ2n) is 7.56. The van der Waals surface area contributed by atoms with Gasteiger partial charge in [0, 0.05) is 13.2 Å². The van der Waals surface area contributed by atoms with Gasteiger partial charge in [0.2, 0.25) is 0 Å². The van der Waals surface area contributed by atoms with Gasteiger partial charge in [0.15, 0.2) is 0 Å². The fraction of sp³-hybridized carbons (Fsp3) is 0.500. The summed E-state index contributed by atoms with van der Waals surface area (Å²) in [5, 5.41) is 0. The zero-order chi connectivity index (χ0) is 18.6. The van der Waals surface area contributed by atoms with Crippen LogP contribution in [0.15, 0.2) is 48.5 Å². The first-order valence-corrected chi connectivity index (χ1v) is 10.1. The summed E-state index contributed by atoms with van der Waals surface area (Å²) in [4.78, 5) is 0. The number of fused-ring (bicyclic) bond motifs is 3. The van der Waals surface area contributed by atoms with E-state index in [1.54, 1.807) is 0 Å². The molecule has 0 saturated heterocycles. The normalized spacial score (nSPS) is 24.2. The van der Waals surface area contributed by atoms with Crippen LogP contribution in [0.25, 0.3) is 11.1 Å². The molecule has 140 valence electrons. The zero-order valence-corrected chi connectivity index (χ0v) is 16.7. The Morgan fingerprint density at radius 3 is 1.42 bits per heavy atom. The van der Waals surface area contributed by atoms with Gasteiger partial charge in [-0.25, -0.2) is 0 Å². The second-order valence-corrected chi connectivity index (χ2v) is 7.56. The summed E-state index contributed by atoms with van der Waals surface area (Å²) in [5.41, 5.74) is 3.96. The van der Waals surface area contributed by atoms with Crippen LogP contribution in [0, 0.1) is 0 Å². The summed E-state index contributed by atoms with van der Waals surface area (Å²) in [7, 11) is 0. The molecule has 1 aliphatic carbocycles. The summed E-state index contributed by atoms with van der Waals surface area (Å²) in [6, 6.07) is 17.3. The molecule has 1 aliphatic rings. The SMILES string of the molecule is CCCCOC1(C)c2ccccc2-c2ccccc2C1(C)OCCCC. The van der Waals surface area contributed by atoms with E-state index in [2.05, 4.69) is 76.2 Å². The number of hydrogen-bond donors (Lipinski definition) is 0. The van der Waals surface area contributed by atoms with Crippen molar-refractivity contribution in [1.29, 1.82) is 0 Å². The van der Waals surface area contributed by atoms with Crippen LogP contribution >= 0.6 is 0 Å². The summed E-state index contributed by atoms with van der Waals surface area (Å²) in [6.45, 7) is 10.3. The van der Waals surface area contributed by atoms with Gasteiger partial charge in [-0.1, -0.05) is 75.2 Å².